The fourth-order valence-electron chi connectivity index (χ4n) is 2.08. The number of hydrogen-bond acceptors (Lipinski definition) is 3. The van der Waals surface area contributed by atoms with Crippen LogP contribution in [-0.2, 0) is 11.3 Å². The molecule has 1 aromatic rings. The van der Waals surface area contributed by atoms with Crippen molar-refractivity contribution in [2.75, 3.05) is 6.54 Å². The van der Waals surface area contributed by atoms with Gasteiger partial charge >= 0.3 is 0 Å². The maximum atomic E-state index is 11.7. The van der Waals surface area contributed by atoms with E-state index in [0.29, 0.717) is 25.4 Å². The second-order valence-corrected chi connectivity index (χ2v) is 4.65. The second kappa shape index (κ2) is 8.69. The molecule has 5 heteroatoms. The normalized spacial score (nSPS) is 12.3. The van der Waals surface area contributed by atoms with Crippen molar-refractivity contribution in [1.82, 2.24) is 15.5 Å². The SMILES string of the molecule is CCCC(CCN)CCC(=O)NCc1cn[nH]c1. The summed E-state index contributed by atoms with van der Waals surface area (Å²) < 4.78 is 0. The van der Waals surface area contributed by atoms with E-state index in [2.05, 4.69) is 22.4 Å². The van der Waals surface area contributed by atoms with Gasteiger partial charge in [0.2, 0.25) is 5.91 Å². The number of aromatic amines is 1. The van der Waals surface area contributed by atoms with E-state index in [4.69, 9.17) is 5.73 Å². The number of H-pyrrole nitrogens is 1. The molecule has 0 aliphatic heterocycles. The summed E-state index contributed by atoms with van der Waals surface area (Å²) in [5, 5.41) is 9.45. The van der Waals surface area contributed by atoms with Crippen molar-refractivity contribution in [2.45, 2.75) is 45.6 Å². The van der Waals surface area contributed by atoms with E-state index in [1.54, 1.807) is 12.4 Å². The van der Waals surface area contributed by atoms with Crippen molar-refractivity contribution < 1.29 is 4.79 Å². The second-order valence-electron chi connectivity index (χ2n) is 4.65. The average molecular weight is 252 g/mol. The van der Waals surface area contributed by atoms with Crippen LogP contribution in [0.3, 0.4) is 0 Å². The van der Waals surface area contributed by atoms with Gasteiger partial charge in [-0.3, -0.25) is 9.89 Å². The monoisotopic (exact) mass is 252 g/mol. The van der Waals surface area contributed by atoms with Crippen LogP contribution < -0.4 is 11.1 Å². The molecule has 102 valence electrons. The van der Waals surface area contributed by atoms with Gasteiger partial charge in [0.05, 0.1) is 6.20 Å². The predicted molar refractivity (Wildman–Crippen MR) is 71.7 cm³/mol. The third-order valence-electron chi connectivity index (χ3n) is 3.10. The minimum atomic E-state index is 0.106. The van der Waals surface area contributed by atoms with Gasteiger partial charge in [-0.1, -0.05) is 19.8 Å². The molecule has 5 nitrogen and oxygen atoms in total. The van der Waals surface area contributed by atoms with Crippen LogP contribution in [0.4, 0.5) is 0 Å². The molecule has 0 bridgehead atoms. The molecule has 1 rings (SSSR count). The zero-order chi connectivity index (χ0) is 13.2. The van der Waals surface area contributed by atoms with Crippen molar-refractivity contribution >= 4 is 5.91 Å². The quantitative estimate of drug-likeness (QED) is 0.623. The molecule has 1 heterocycles. The van der Waals surface area contributed by atoms with Gasteiger partial charge in [-0.05, 0) is 25.3 Å². The summed E-state index contributed by atoms with van der Waals surface area (Å²) in [5.41, 5.74) is 6.57. The highest BCUT2D eigenvalue weighted by Gasteiger charge is 2.10. The van der Waals surface area contributed by atoms with Crippen LogP contribution in [0.25, 0.3) is 0 Å². The van der Waals surface area contributed by atoms with Crippen molar-refractivity contribution in [3.8, 4) is 0 Å². The van der Waals surface area contributed by atoms with Gasteiger partial charge in [0.1, 0.15) is 0 Å². The molecule has 0 saturated heterocycles. The molecule has 1 aromatic heterocycles. The molecule has 18 heavy (non-hydrogen) atoms. The molecule has 1 amide bonds. The highest BCUT2D eigenvalue weighted by Crippen LogP contribution is 2.16. The van der Waals surface area contributed by atoms with Crippen LogP contribution >= 0.6 is 0 Å². The molecule has 0 aliphatic rings. The first-order valence-corrected chi connectivity index (χ1v) is 6.70. The maximum absolute atomic E-state index is 11.7. The number of nitrogens with one attached hydrogen (secondary N) is 2. The van der Waals surface area contributed by atoms with Crippen LogP contribution in [0.2, 0.25) is 0 Å². The van der Waals surface area contributed by atoms with E-state index in [9.17, 15) is 4.79 Å². The zero-order valence-corrected chi connectivity index (χ0v) is 11.1. The third kappa shape index (κ3) is 5.82. The first kappa shape index (κ1) is 14.7. The molecular formula is C13H24N4O. The summed E-state index contributed by atoms with van der Waals surface area (Å²) in [5.74, 6) is 0.689. The summed E-state index contributed by atoms with van der Waals surface area (Å²) in [4.78, 5) is 11.7. The molecule has 0 radical (unpaired) electrons. The Balaban J connectivity index is 2.18. The molecule has 1 atom stereocenters. The van der Waals surface area contributed by atoms with E-state index >= 15 is 0 Å². The number of hydrogen-bond donors (Lipinski definition) is 3. The molecule has 1 unspecified atom stereocenters. The number of amides is 1. The Morgan fingerprint density at radius 1 is 1.50 bits per heavy atom. The highest BCUT2D eigenvalue weighted by molar-refractivity contribution is 5.75. The molecular weight excluding hydrogens is 228 g/mol. The number of carbonyl (C=O) groups excluding carboxylic acids is 1. The van der Waals surface area contributed by atoms with Crippen molar-refractivity contribution in [3.05, 3.63) is 18.0 Å². The Labute approximate surface area is 109 Å². The minimum Gasteiger partial charge on any atom is -0.352 e. The summed E-state index contributed by atoms with van der Waals surface area (Å²) in [6.45, 7) is 3.43. The molecule has 0 aromatic carbocycles. The standard InChI is InChI=1S/C13H24N4O/c1-2-3-11(6-7-14)4-5-13(18)15-8-12-9-16-17-10-12/h9-11H,2-8,14H2,1H3,(H,15,18)(H,16,17). The smallest absolute Gasteiger partial charge is 0.220 e. The number of rotatable bonds is 9. The summed E-state index contributed by atoms with van der Waals surface area (Å²) in [7, 11) is 0. The lowest BCUT2D eigenvalue weighted by molar-refractivity contribution is -0.121. The Morgan fingerprint density at radius 2 is 2.33 bits per heavy atom. The zero-order valence-electron chi connectivity index (χ0n) is 11.1. The first-order valence-electron chi connectivity index (χ1n) is 6.70. The van der Waals surface area contributed by atoms with Crippen molar-refractivity contribution in [2.24, 2.45) is 11.7 Å². The van der Waals surface area contributed by atoms with E-state index in [-0.39, 0.29) is 5.91 Å². The fraction of sp³-hybridized carbons (Fsp3) is 0.692. The third-order valence-corrected chi connectivity index (χ3v) is 3.10. The molecule has 4 N–H and O–H groups in total. The molecule has 0 spiro atoms. The summed E-state index contributed by atoms with van der Waals surface area (Å²) in [6, 6.07) is 0. The lowest BCUT2D eigenvalue weighted by Gasteiger charge is -2.14. The molecule has 0 fully saturated rings. The Morgan fingerprint density at radius 3 is 2.94 bits per heavy atom. The van der Waals surface area contributed by atoms with Crippen LogP contribution in [0.5, 0.6) is 0 Å². The number of nitrogens with two attached hydrogens (primary N) is 1. The van der Waals surface area contributed by atoms with E-state index in [1.165, 1.54) is 0 Å². The van der Waals surface area contributed by atoms with Gasteiger partial charge in [-0.2, -0.15) is 5.10 Å². The molecule has 0 aliphatic carbocycles. The predicted octanol–water partition coefficient (Wildman–Crippen LogP) is 1.57. The molecule has 0 saturated carbocycles. The fourth-order valence-corrected chi connectivity index (χ4v) is 2.08. The Hall–Kier alpha value is -1.36. The van der Waals surface area contributed by atoms with Crippen LogP contribution in [0.15, 0.2) is 12.4 Å². The summed E-state index contributed by atoms with van der Waals surface area (Å²) in [6.07, 6.45) is 8.35. The Bertz CT molecular complexity index is 318. The topological polar surface area (TPSA) is 83.8 Å². The van der Waals surface area contributed by atoms with Gasteiger partial charge in [-0.25, -0.2) is 0 Å². The van der Waals surface area contributed by atoms with E-state index in [1.807, 2.05) is 0 Å². The van der Waals surface area contributed by atoms with Gasteiger partial charge in [0, 0.05) is 24.7 Å². The van der Waals surface area contributed by atoms with Crippen LogP contribution in [0, 0.1) is 5.92 Å². The lowest BCUT2D eigenvalue weighted by atomic mass is 9.94. The van der Waals surface area contributed by atoms with E-state index in [0.717, 1.165) is 31.2 Å². The highest BCUT2D eigenvalue weighted by atomic mass is 16.1. The number of aromatic nitrogens is 2. The lowest BCUT2D eigenvalue weighted by Crippen LogP contribution is -2.23. The largest absolute Gasteiger partial charge is 0.352 e. The number of nitrogens with zero attached hydrogens (tertiary/aromatic N) is 1. The van der Waals surface area contributed by atoms with Crippen molar-refractivity contribution in [1.29, 1.82) is 0 Å². The van der Waals surface area contributed by atoms with E-state index < -0.39 is 0 Å². The Kier molecular flexibility index (Phi) is 7.10. The minimum absolute atomic E-state index is 0.106. The van der Waals surface area contributed by atoms with Gasteiger partial charge in [-0.15, -0.1) is 0 Å². The van der Waals surface area contributed by atoms with Gasteiger partial charge in [0.15, 0.2) is 0 Å². The van der Waals surface area contributed by atoms with Crippen LogP contribution in [0.1, 0.15) is 44.6 Å². The van der Waals surface area contributed by atoms with Gasteiger partial charge in [0.25, 0.3) is 0 Å². The summed E-state index contributed by atoms with van der Waals surface area (Å²) >= 11 is 0. The maximum Gasteiger partial charge on any atom is 0.220 e. The van der Waals surface area contributed by atoms with Gasteiger partial charge < -0.3 is 11.1 Å². The number of carbonyl (C=O) groups is 1. The van der Waals surface area contributed by atoms with Crippen molar-refractivity contribution in [3.63, 3.8) is 0 Å². The van der Waals surface area contributed by atoms with Crippen LogP contribution in [-0.4, -0.2) is 22.6 Å². The average Bonchev–Trinajstić information content (AvgIpc) is 2.87. The first-order chi connectivity index (χ1) is 8.76.